The van der Waals surface area contributed by atoms with Gasteiger partial charge in [-0.15, -0.1) is 0 Å². The number of piperidine rings is 1. The first-order chi connectivity index (χ1) is 11.9. The smallest absolute Gasteiger partial charge is 0.259 e. The molecule has 2 aliphatic heterocycles. The molecule has 0 radical (unpaired) electrons. The molecule has 8 nitrogen and oxygen atoms in total. The normalized spacial score (nSPS) is 25.8. The number of aromatic nitrogens is 4. The predicted octanol–water partition coefficient (Wildman–Crippen LogP) is 0.683. The fourth-order valence-corrected chi connectivity index (χ4v) is 3.59. The van der Waals surface area contributed by atoms with Crippen molar-refractivity contribution >= 4 is 22.9 Å². The number of fused-ring (bicyclic) bond motifs is 1. The standard InChI is InChI=1S/C15H18F2N6O2/c16-15(17)1-3-22(6-14(15)2-4-25-7-14)10(24)5-23-9-21-11-12(18)19-8-20-13(11)23/h8-9H,1-7H2,(H2,18,19,20). The zero-order valence-corrected chi connectivity index (χ0v) is 13.5. The Kier molecular flexibility index (Phi) is 3.60. The lowest BCUT2D eigenvalue weighted by molar-refractivity contribution is -0.175. The van der Waals surface area contributed by atoms with Crippen molar-refractivity contribution in [1.82, 2.24) is 24.4 Å². The summed E-state index contributed by atoms with van der Waals surface area (Å²) in [5.41, 5.74) is 5.32. The molecular formula is C15H18F2N6O2. The second-order valence-corrected chi connectivity index (χ2v) is 6.66. The van der Waals surface area contributed by atoms with Crippen LogP contribution < -0.4 is 5.73 Å². The summed E-state index contributed by atoms with van der Waals surface area (Å²) in [7, 11) is 0. The van der Waals surface area contributed by atoms with Gasteiger partial charge >= 0.3 is 0 Å². The number of ether oxygens (including phenoxy) is 1. The lowest BCUT2D eigenvalue weighted by atomic mass is 9.76. The molecule has 134 valence electrons. The molecule has 4 heterocycles. The summed E-state index contributed by atoms with van der Waals surface area (Å²) >= 11 is 0. The topological polar surface area (TPSA) is 99.2 Å². The van der Waals surface area contributed by atoms with Crippen LogP contribution in [-0.4, -0.2) is 62.6 Å². The first-order valence-electron chi connectivity index (χ1n) is 8.07. The van der Waals surface area contributed by atoms with E-state index in [1.807, 2.05) is 0 Å². The van der Waals surface area contributed by atoms with E-state index in [4.69, 9.17) is 10.5 Å². The highest BCUT2D eigenvalue weighted by molar-refractivity contribution is 5.83. The Labute approximate surface area is 142 Å². The van der Waals surface area contributed by atoms with Crippen molar-refractivity contribution in [3.05, 3.63) is 12.7 Å². The molecule has 2 N–H and O–H groups in total. The number of alkyl halides is 2. The Hall–Kier alpha value is -2.36. The molecule has 2 fully saturated rings. The van der Waals surface area contributed by atoms with Gasteiger partial charge in [-0.3, -0.25) is 4.79 Å². The van der Waals surface area contributed by atoms with Crippen LogP contribution in [0, 0.1) is 5.41 Å². The fourth-order valence-electron chi connectivity index (χ4n) is 3.59. The summed E-state index contributed by atoms with van der Waals surface area (Å²) in [6.07, 6.45) is 2.68. The number of hydrogen-bond donors (Lipinski definition) is 1. The molecule has 2 aliphatic rings. The molecule has 0 saturated carbocycles. The molecule has 2 aromatic rings. The third kappa shape index (κ3) is 2.51. The number of anilines is 1. The van der Waals surface area contributed by atoms with Gasteiger partial charge in [0.1, 0.15) is 18.4 Å². The lowest BCUT2D eigenvalue weighted by Crippen LogP contribution is -2.57. The van der Waals surface area contributed by atoms with Crippen molar-refractivity contribution < 1.29 is 18.3 Å². The van der Waals surface area contributed by atoms with E-state index in [1.165, 1.54) is 17.6 Å². The van der Waals surface area contributed by atoms with Crippen LogP contribution in [0.5, 0.6) is 0 Å². The van der Waals surface area contributed by atoms with E-state index in [0.717, 1.165) is 0 Å². The molecule has 2 aromatic heterocycles. The minimum absolute atomic E-state index is 0.00257. The number of nitrogen functional groups attached to an aromatic ring is 1. The molecular weight excluding hydrogens is 334 g/mol. The minimum atomic E-state index is -2.82. The Bertz CT molecular complexity index is 817. The van der Waals surface area contributed by atoms with E-state index in [0.29, 0.717) is 17.8 Å². The van der Waals surface area contributed by atoms with Crippen LogP contribution >= 0.6 is 0 Å². The van der Waals surface area contributed by atoms with Crippen LogP contribution in [0.25, 0.3) is 11.2 Å². The van der Waals surface area contributed by atoms with E-state index in [2.05, 4.69) is 15.0 Å². The third-order valence-electron chi connectivity index (χ3n) is 5.16. The van der Waals surface area contributed by atoms with Crippen molar-refractivity contribution in [2.24, 2.45) is 5.41 Å². The number of carbonyl (C=O) groups is 1. The van der Waals surface area contributed by atoms with Gasteiger partial charge in [0.15, 0.2) is 11.5 Å². The summed E-state index contributed by atoms with van der Waals surface area (Å²) in [4.78, 5) is 26.2. The van der Waals surface area contributed by atoms with Gasteiger partial charge in [-0.05, 0) is 6.42 Å². The summed E-state index contributed by atoms with van der Waals surface area (Å²) in [5, 5.41) is 0. The molecule has 2 saturated heterocycles. The molecule has 10 heteroatoms. The highest BCUT2D eigenvalue weighted by Gasteiger charge is 2.59. The number of hydrogen-bond acceptors (Lipinski definition) is 6. The van der Waals surface area contributed by atoms with Gasteiger partial charge in [0.05, 0.1) is 18.3 Å². The summed E-state index contributed by atoms with van der Waals surface area (Å²) < 4.78 is 35.5. The Balaban J connectivity index is 1.54. The zero-order valence-electron chi connectivity index (χ0n) is 13.5. The van der Waals surface area contributed by atoms with Gasteiger partial charge in [-0.1, -0.05) is 0 Å². The molecule has 25 heavy (non-hydrogen) atoms. The first kappa shape index (κ1) is 16.1. The second-order valence-electron chi connectivity index (χ2n) is 6.66. The molecule has 1 spiro atoms. The number of likely N-dealkylation sites (tertiary alicyclic amines) is 1. The molecule has 0 aliphatic carbocycles. The number of nitrogens with two attached hydrogens (primary N) is 1. The van der Waals surface area contributed by atoms with Gasteiger partial charge in [0, 0.05) is 26.1 Å². The summed E-state index contributed by atoms with van der Waals surface area (Å²) in [6, 6.07) is 0. The van der Waals surface area contributed by atoms with Crippen molar-refractivity contribution in [2.45, 2.75) is 25.3 Å². The van der Waals surface area contributed by atoms with Crippen molar-refractivity contribution in [3.8, 4) is 0 Å². The quantitative estimate of drug-likeness (QED) is 0.853. The number of halogens is 2. The molecule has 4 rings (SSSR count). The predicted molar refractivity (Wildman–Crippen MR) is 83.7 cm³/mol. The van der Waals surface area contributed by atoms with Crippen LogP contribution in [0.4, 0.5) is 14.6 Å². The van der Waals surface area contributed by atoms with Gasteiger partial charge in [0.2, 0.25) is 5.91 Å². The van der Waals surface area contributed by atoms with Crippen LogP contribution in [-0.2, 0) is 16.1 Å². The second kappa shape index (κ2) is 5.58. The van der Waals surface area contributed by atoms with Crippen LogP contribution in [0.2, 0.25) is 0 Å². The SMILES string of the molecule is Nc1ncnc2c1ncn2CC(=O)N1CCC(F)(F)C2(CCOC2)C1. The van der Waals surface area contributed by atoms with Gasteiger partial charge in [-0.2, -0.15) is 0 Å². The van der Waals surface area contributed by atoms with E-state index in [1.54, 1.807) is 4.57 Å². The van der Waals surface area contributed by atoms with Crippen molar-refractivity contribution in [3.63, 3.8) is 0 Å². The number of nitrogens with zero attached hydrogens (tertiary/aromatic N) is 5. The van der Waals surface area contributed by atoms with Gasteiger partial charge in [-0.25, -0.2) is 23.7 Å². The maximum absolute atomic E-state index is 14.4. The highest BCUT2D eigenvalue weighted by Crippen LogP contribution is 2.48. The van der Waals surface area contributed by atoms with Crippen LogP contribution in [0.1, 0.15) is 12.8 Å². The number of rotatable bonds is 2. The van der Waals surface area contributed by atoms with Crippen LogP contribution in [0.15, 0.2) is 12.7 Å². The lowest BCUT2D eigenvalue weighted by Gasteiger charge is -2.45. The monoisotopic (exact) mass is 352 g/mol. The van der Waals surface area contributed by atoms with Gasteiger partial charge < -0.3 is 19.9 Å². The average Bonchev–Trinajstić information content (AvgIpc) is 3.20. The van der Waals surface area contributed by atoms with Gasteiger partial charge in [0.25, 0.3) is 5.92 Å². The molecule has 0 aromatic carbocycles. The largest absolute Gasteiger partial charge is 0.382 e. The minimum Gasteiger partial charge on any atom is -0.382 e. The number of imidazole rings is 1. The molecule has 0 bridgehead atoms. The first-order valence-corrected chi connectivity index (χ1v) is 8.07. The maximum Gasteiger partial charge on any atom is 0.259 e. The molecule has 1 atom stereocenters. The fraction of sp³-hybridized carbons (Fsp3) is 0.600. The number of carbonyl (C=O) groups excluding carboxylic acids is 1. The van der Waals surface area contributed by atoms with E-state index in [9.17, 15) is 13.6 Å². The van der Waals surface area contributed by atoms with Crippen LogP contribution in [0.3, 0.4) is 0 Å². The highest BCUT2D eigenvalue weighted by atomic mass is 19.3. The Morgan fingerprint density at radius 2 is 2.16 bits per heavy atom. The van der Waals surface area contributed by atoms with Crippen molar-refractivity contribution in [2.75, 3.05) is 32.0 Å². The van der Waals surface area contributed by atoms with Crippen molar-refractivity contribution in [1.29, 1.82) is 0 Å². The number of amides is 1. The van der Waals surface area contributed by atoms with E-state index in [-0.39, 0.29) is 50.8 Å². The van der Waals surface area contributed by atoms with E-state index < -0.39 is 11.3 Å². The van der Waals surface area contributed by atoms with E-state index >= 15 is 0 Å². The molecule has 1 amide bonds. The molecule has 1 unspecified atom stereocenters. The third-order valence-corrected chi connectivity index (χ3v) is 5.16. The Morgan fingerprint density at radius 3 is 2.92 bits per heavy atom. The summed E-state index contributed by atoms with van der Waals surface area (Å²) in [6.45, 7) is 0.289. The average molecular weight is 352 g/mol. The summed E-state index contributed by atoms with van der Waals surface area (Å²) in [5.74, 6) is -2.84. The maximum atomic E-state index is 14.4. The Morgan fingerprint density at radius 1 is 1.32 bits per heavy atom. The zero-order chi connectivity index (χ0) is 17.7.